The first-order valence-electron chi connectivity index (χ1n) is 8.28. The molecule has 10 heteroatoms. The van der Waals surface area contributed by atoms with Crippen LogP contribution in [-0.4, -0.2) is 26.5 Å². The van der Waals surface area contributed by atoms with Crippen molar-refractivity contribution in [2.75, 3.05) is 0 Å². The quantitative estimate of drug-likeness (QED) is 0.276. The van der Waals surface area contributed by atoms with Crippen molar-refractivity contribution in [2.45, 2.75) is 10.2 Å². The molecular weight excluding hydrogens is 415 g/mol. The molecule has 4 rings (SSSR count). The fraction of sp³-hybridized carbons (Fsp3) is 0. The number of halogens is 2. The summed E-state index contributed by atoms with van der Waals surface area (Å²) >= 11 is 7.19. The number of nitrogens with zero attached hydrogens (tertiary/aromatic N) is 4. The third-order valence-electron chi connectivity index (χ3n) is 3.73. The van der Waals surface area contributed by atoms with Crippen LogP contribution in [0.1, 0.15) is 0 Å². The second-order valence-corrected chi connectivity index (χ2v) is 7.13. The van der Waals surface area contributed by atoms with Crippen molar-refractivity contribution in [1.29, 1.82) is 5.41 Å². The van der Waals surface area contributed by atoms with Crippen LogP contribution in [0.5, 0.6) is 0 Å². The molecule has 0 radical (unpaired) electrons. The number of rotatable bonds is 5. The summed E-state index contributed by atoms with van der Waals surface area (Å²) in [4.78, 5) is 11.2. The van der Waals surface area contributed by atoms with Crippen LogP contribution in [0.4, 0.5) is 4.39 Å². The standard InChI is InChI=1S/C19H12ClFN6OS/c20-13-3-1-2-12(8-13)17-26-27-19(28-17)29-16-9-15(24-18(25-16)23-10-22)11-4-6-14(21)7-5-11/h1-10H,(H2,22,23,24,25). The van der Waals surface area contributed by atoms with Gasteiger partial charge in [-0.2, -0.15) is 0 Å². The first kappa shape index (κ1) is 19.0. The van der Waals surface area contributed by atoms with Gasteiger partial charge in [0.05, 0.1) is 10.7 Å². The summed E-state index contributed by atoms with van der Waals surface area (Å²) in [6.45, 7) is 0. The van der Waals surface area contributed by atoms with Gasteiger partial charge in [-0.3, -0.25) is 5.41 Å². The highest BCUT2D eigenvalue weighted by Gasteiger charge is 2.12. The summed E-state index contributed by atoms with van der Waals surface area (Å²) in [7, 11) is 0. The van der Waals surface area contributed by atoms with Gasteiger partial charge >= 0.3 is 0 Å². The Labute approximate surface area is 173 Å². The Morgan fingerprint density at radius 1 is 1.10 bits per heavy atom. The van der Waals surface area contributed by atoms with E-state index >= 15 is 0 Å². The summed E-state index contributed by atoms with van der Waals surface area (Å²) in [5.74, 6) is 0.00173. The van der Waals surface area contributed by atoms with Gasteiger partial charge in [0.1, 0.15) is 12.2 Å². The van der Waals surface area contributed by atoms with Crippen molar-refractivity contribution < 1.29 is 8.81 Å². The average Bonchev–Trinajstić information content (AvgIpc) is 3.17. The zero-order chi connectivity index (χ0) is 20.2. The van der Waals surface area contributed by atoms with Gasteiger partial charge in [-0.15, -0.1) is 10.2 Å². The van der Waals surface area contributed by atoms with Crippen LogP contribution in [0, 0.1) is 11.2 Å². The molecule has 0 spiro atoms. The fourth-order valence-electron chi connectivity index (χ4n) is 2.47. The highest BCUT2D eigenvalue weighted by molar-refractivity contribution is 7.99. The number of benzene rings is 2. The lowest BCUT2D eigenvalue weighted by Gasteiger charge is -2.04. The molecule has 2 heterocycles. The van der Waals surface area contributed by atoms with Crippen molar-refractivity contribution in [3.63, 3.8) is 0 Å². The Balaban J connectivity index is 1.67. The average molecular weight is 427 g/mol. The maximum Gasteiger partial charge on any atom is 0.283 e. The lowest BCUT2D eigenvalue weighted by molar-refractivity contribution is 0.465. The molecule has 0 unspecified atom stereocenters. The molecule has 0 saturated heterocycles. The van der Waals surface area contributed by atoms with Crippen molar-refractivity contribution in [2.24, 2.45) is 4.99 Å². The summed E-state index contributed by atoms with van der Waals surface area (Å²) in [6.07, 6.45) is 0.881. The largest absolute Gasteiger partial charge is 0.411 e. The van der Waals surface area contributed by atoms with Crippen molar-refractivity contribution in [1.82, 2.24) is 20.2 Å². The van der Waals surface area contributed by atoms with Crippen LogP contribution in [-0.2, 0) is 0 Å². The van der Waals surface area contributed by atoms with Gasteiger partial charge in [-0.25, -0.2) is 14.4 Å². The molecule has 144 valence electrons. The molecule has 2 aromatic heterocycles. The van der Waals surface area contributed by atoms with Crippen LogP contribution < -0.4 is 5.62 Å². The van der Waals surface area contributed by atoms with Crippen molar-refractivity contribution >= 4 is 29.7 Å². The molecule has 29 heavy (non-hydrogen) atoms. The minimum Gasteiger partial charge on any atom is -0.411 e. The molecule has 4 aromatic rings. The monoisotopic (exact) mass is 426 g/mol. The predicted octanol–water partition coefficient (Wildman–Crippen LogP) is 4.58. The van der Waals surface area contributed by atoms with Crippen LogP contribution in [0.15, 0.2) is 74.3 Å². The molecule has 0 atom stereocenters. The fourth-order valence-corrected chi connectivity index (χ4v) is 3.37. The lowest BCUT2D eigenvalue weighted by atomic mass is 10.1. The van der Waals surface area contributed by atoms with E-state index in [0.29, 0.717) is 38.0 Å². The smallest absolute Gasteiger partial charge is 0.283 e. The van der Waals surface area contributed by atoms with Gasteiger partial charge in [0.2, 0.25) is 11.5 Å². The summed E-state index contributed by atoms with van der Waals surface area (Å²) in [5, 5.41) is 16.8. The number of aromatic amines is 1. The van der Waals surface area contributed by atoms with Crippen LogP contribution in [0.25, 0.3) is 22.7 Å². The molecule has 0 aliphatic carbocycles. The Kier molecular flexibility index (Phi) is 5.50. The highest BCUT2D eigenvalue weighted by Crippen LogP contribution is 2.29. The Morgan fingerprint density at radius 2 is 1.93 bits per heavy atom. The van der Waals surface area contributed by atoms with E-state index in [9.17, 15) is 4.39 Å². The predicted molar refractivity (Wildman–Crippen MR) is 107 cm³/mol. The van der Waals surface area contributed by atoms with Gasteiger partial charge in [-0.05, 0) is 60.3 Å². The molecule has 2 N–H and O–H groups in total. The molecule has 0 fully saturated rings. The SMILES string of the molecule is N=C/N=c1/nc(-c2ccc(F)cc2)cc(Sc2nnc(-c3cccc(Cl)c3)o2)[nH]1. The van der Waals surface area contributed by atoms with E-state index in [4.69, 9.17) is 21.4 Å². The maximum absolute atomic E-state index is 13.2. The molecule has 0 bridgehead atoms. The molecular formula is C19H12ClFN6OS. The topological polar surface area (TPSA) is 104 Å². The van der Waals surface area contributed by atoms with Crippen molar-refractivity contribution in [3.8, 4) is 22.7 Å². The van der Waals surface area contributed by atoms with E-state index in [-0.39, 0.29) is 11.4 Å². The lowest BCUT2D eigenvalue weighted by Crippen LogP contribution is -2.14. The first-order valence-corrected chi connectivity index (χ1v) is 9.47. The van der Waals surface area contributed by atoms with E-state index in [1.165, 1.54) is 23.9 Å². The van der Waals surface area contributed by atoms with E-state index in [2.05, 4.69) is 25.2 Å². The van der Waals surface area contributed by atoms with Gasteiger partial charge in [-0.1, -0.05) is 17.7 Å². The van der Waals surface area contributed by atoms with E-state index in [0.717, 1.165) is 6.34 Å². The normalized spacial score (nSPS) is 11.6. The number of hydrogen-bond donors (Lipinski definition) is 2. The number of hydrogen-bond acceptors (Lipinski definition) is 6. The Hall–Kier alpha value is -3.30. The van der Waals surface area contributed by atoms with Crippen LogP contribution >= 0.6 is 23.4 Å². The molecule has 0 saturated carbocycles. The minimum absolute atomic E-state index is 0.221. The number of aromatic nitrogens is 4. The molecule has 0 amide bonds. The number of H-pyrrole nitrogens is 1. The summed E-state index contributed by atoms with van der Waals surface area (Å²) < 4.78 is 18.9. The molecule has 2 aromatic carbocycles. The van der Waals surface area contributed by atoms with E-state index in [1.54, 1.807) is 36.4 Å². The minimum atomic E-state index is -0.338. The summed E-state index contributed by atoms with van der Waals surface area (Å²) in [6, 6.07) is 14.8. The second kappa shape index (κ2) is 8.38. The van der Waals surface area contributed by atoms with Gasteiger partial charge < -0.3 is 9.40 Å². The highest BCUT2D eigenvalue weighted by atomic mass is 35.5. The first-order chi connectivity index (χ1) is 14.1. The third kappa shape index (κ3) is 4.58. The van der Waals surface area contributed by atoms with Gasteiger partial charge in [0, 0.05) is 16.1 Å². The van der Waals surface area contributed by atoms with E-state index in [1.807, 2.05) is 6.07 Å². The Morgan fingerprint density at radius 3 is 2.69 bits per heavy atom. The van der Waals surface area contributed by atoms with E-state index < -0.39 is 0 Å². The maximum atomic E-state index is 13.2. The second-order valence-electron chi connectivity index (χ2n) is 5.70. The zero-order valence-electron chi connectivity index (χ0n) is 14.6. The zero-order valence-corrected chi connectivity index (χ0v) is 16.2. The molecule has 0 aliphatic heterocycles. The molecule has 7 nitrogen and oxygen atoms in total. The number of nitrogens with one attached hydrogen (secondary N) is 2. The third-order valence-corrected chi connectivity index (χ3v) is 4.75. The Bertz CT molecular complexity index is 1240. The summed E-state index contributed by atoms with van der Waals surface area (Å²) in [5.41, 5.74) is 2.19. The van der Waals surface area contributed by atoms with Crippen molar-refractivity contribution in [3.05, 3.63) is 71.1 Å². The molecule has 0 aliphatic rings. The van der Waals surface area contributed by atoms with Gasteiger partial charge in [0.25, 0.3) is 5.22 Å². The van der Waals surface area contributed by atoms with Crippen LogP contribution in [0.2, 0.25) is 5.02 Å². The van der Waals surface area contributed by atoms with Gasteiger partial charge in [0.15, 0.2) is 0 Å². The van der Waals surface area contributed by atoms with Crippen LogP contribution in [0.3, 0.4) is 0 Å².